The molecule has 3 heterocycles. The molecule has 0 amide bonds. The van der Waals surface area contributed by atoms with E-state index < -0.39 is 8.07 Å². The Morgan fingerprint density at radius 1 is 0.186 bits per heavy atom. The van der Waals surface area contributed by atoms with Crippen LogP contribution >= 0.6 is 0 Å². The molecule has 0 aliphatic heterocycles. The highest BCUT2D eigenvalue weighted by atomic mass is 28.3. The Balaban J connectivity index is 0.928. The molecule has 3 nitrogen and oxygen atoms in total. The van der Waals surface area contributed by atoms with Gasteiger partial charge in [-0.3, -0.25) is 0 Å². The van der Waals surface area contributed by atoms with Gasteiger partial charge in [-0.05, 0) is 126 Å². The maximum Gasteiger partial charge on any atom is 0.179 e. The van der Waals surface area contributed by atoms with Crippen LogP contribution in [0.1, 0.15) is 0 Å². The van der Waals surface area contributed by atoms with E-state index in [0.29, 0.717) is 0 Å². The zero-order valence-corrected chi connectivity index (χ0v) is 39.0. The average molecular weight is 904 g/mol. The van der Waals surface area contributed by atoms with E-state index in [-0.39, 0.29) is 0 Å². The summed E-state index contributed by atoms with van der Waals surface area (Å²) in [5.74, 6) is 0. The Kier molecular flexibility index (Phi) is 7.64. The number of nitrogens with zero attached hydrogens (tertiary/aromatic N) is 3. The molecule has 70 heavy (non-hydrogen) atoms. The van der Waals surface area contributed by atoms with Gasteiger partial charge in [-0.2, -0.15) is 0 Å². The Bertz CT molecular complexity index is 4020. The minimum atomic E-state index is -3.03. The molecular weight excluding hydrogens is 863 g/mol. The van der Waals surface area contributed by atoms with Gasteiger partial charge < -0.3 is 13.7 Å². The van der Waals surface area contributed by atoms with Crippen LogP contribution < -0.4 is 20.7 Å². The molecule has 16 rings (SSSR count). The monoisotopic (exact) mass is 903 g/mol. The third-order valence-corrected chi connectivity index (χ3v) is 20.7. The molecule has 0 fully saturated rings. The van der Waals surface area contributed by atoms with Crippen molar-refractivity contribution >= 4 is 127 Å². The second-order valence-corrected chi connectivity index (χ2v) is 23.0. The summed E-state index contributed by atoms with van der Waals surface area (Å²) in [6.45, 7) is 0. The molecule has 0 atom stereocenters. The van der Waals surface area contributed by atoms with Crippen molar-refractivity contribution in [1.82, 2.24) is 13.7 Å². The fraction of sp³-hybridized carbons (Fsp3) is 0. The molecule has 3 aromatic heterocycles. The molecule has 0 saturated heterocycles. The smallest absolute Gasteiger partial charge is 0.179 e. The fourth-order valence-electron chi connectivity index (χ4n) is 13.0. The van der Waals surface area contributed by atoms with E-state index in [1.807, 2.05) is 0 Å². The highest BCUT2D eigenvalue weighted by Crippen LogP contribution is 2.41. The number of rotatable bonds is 7. The van der Waals surface area contributed by atoms with Crippen molar-refractivity contribution in [3.63, 3.8) is 0 Å². The Labute approximate surface area is 403 Å². The maximum absolute atomic E-state index is 3.03. The van der Waals surface area contributed by atoms with E-state index in [2.05, 4.69) is 262 Å². The first kappa shape index (κ1) is 38.1. The molecule has 324 valence electrons. The molecule has 4 heteroatoms. The normalized spacial score (nSPS) is 12.6. The lowest BCUT2D eigenvalue weighted by molar-refractivity contribution is 1.18. The quantitative estimate of drug-likeness (QED) is 0.0860. The van der Waals surface area contributed by atoms with Crippen molar-refractivity contribution in [3.05, 3.63) is 249 Å². The summed E-state index contributed by atoms with van der Waals surface area (Å²) < 4.78 is 7.40. The fourth-order valence-corrected chi connectivity index (χ4v) is 17.7. The van der Waals surface area contributed by atoms with E-state index in [0.717, 1.165) is 17.1 Å². The van der Waals surface area contributed by atoms with Gasteiger partial charge in [-0.1, -0.05) is 176 Å². The Morgan fingerprint density at radius 2 is 0.414 bits per heavy atom. The average Bonchev–Trinajstić information content (AvgIpc) is 4.08. The van der Waals surface area contributed by atoms with Crippen LogP contribution in [-0.2, 0) is 0 Å². The van der Waals surface area contributed by atoms with Gasteiger partial charge in [0.25, 0.3) is 0 Å². The predicted molar refractivity (Wildman–Crippen MR) is 299 cm³/mol. The van der Waals surface area contributed by atoms with Crippen molar-refractivity contribution in [2.45, 2.75) is 0 Å². The second kappa shape index (κ2) is 14.1. The maximum atomic E-state index is 2.47. The Morgan fingerprint density at radius 3 is 0.657 bits per heavy atom. The summed E-state index contributed by atoms with van der Waals surface area (Å²) in [5, 5.41) is 21.0. The van der Waals surface area contributed by atoms with E-state index in [1.165, 1.54) is 118 Å². The zero-order chi connectivity index (χ0) is 45.7. The highest BCUT2D eigenvalue weighted by molar-refractivity contribution is 7.19. The molecule has 0 N–H and O–H groups in total. The highest BCUT2D eigenvalue weighted by Gasteiger charge is 2.42. The molecule has 0 unspecified atom stereocenters. The molecule has 13 aromatic carbocycles. The topological polar surface area (TPSA) is 14.8 Å². The van der Waals surface area contributed by atoms with Gasteiger partial charge in [-0.15, -0.1) is 0 Å². The third-order valence-electron chi connectivity index (χ3n) is 15.9. The summed E-state index contributed by atoms with van der Waals surface area (Å²) in [7, 11) is -3.03. The van der Waals surface area contributed by atoms with Gasteiger partial charge in [0.2, 0.25) is 0 Å². The van der Waals surface area contributed by atoms with Gasteiger partial charge in [0.05, 0.1) is 33.1 Å². The second-order valence-electron chi connectivity index (χ2n) is 19.2. The Hall–Kier alpha value is -8.96. The number of hydrogen-bond donors (Lipinski definition) is 0. The molecule has 0 bridgehead atoms. The summed E-state index contributed by atoms with van der Waals surface area (Å²) in [6.07, 6.45) is 0. The zero-order valence-electron chi connectivity index (χ0n) is 38.0. The minimum absolute atomic E-state index is 1.16. The lowest BCUT2D eigenvalue weighted by atomic mass is 10.0. The molecule has 0 spiro atoms. The summed E-state index contributed by atoms with van der Waals surface area (Å²) >= 11 is 0. The van der Waals surface area contributed by atoms with Crippen LogP contribution in [0.15, 0.2) is 249 Å². The van der Waals surface area contributed by atoms with Crippen LogP contribution in [0.3, 0.4) is 0 Å². The van der Waals surface area contributed by atoms with Crippen LogP contribution in [0.5, 0.6) is 0 Å². The van der Waals surface area contributed by atoms with E-state index in [9.17, 15) is 0 Å². The molecule has 0 aliphatic carbocycles. The number of benzene rings is 13. The lowest BCUT2D eigenvalue weighted by Gasteiger charge is -2.35. The molecule has 0 saturated carbocycles. The first-order valence-corrected chi connectivity index (χ1v) is 26.3. The van der Waals surface area contributed by atoms with Crippen molar-refractivity contribution < 1.29 is 0 Å². The van der Waals surface area contributed by atoms with Gasteiger partial charge >= 0.3 is 0 Å². The first-order valence-electron chi connectivity index (χ1n) is 24.3. The van der Waals surface area contributed by atoms with Crippen LogP contribution in [0.2, 0.25) is 0 Å². The first-order chi connectivity index (χ1) is 34.7. The largest absolute Gasteiger partial charge is 0.309 e. The van der Waals surface area contributed by atoms with Crippen molar-refractivity contribution in [2.24, 2.45) is 0 Å². The van der Waals surface area contributed by atoms with Crippen LogP contribution in [0.4, 0.5) is 0 Å². The lowest BCUT2D eigenvalue weighted by Crippen LogP contribution is -2.74. The third kappa shape index (κ3) is 4.97. The van der Waals surface area contributed by atoms with Crippen LogP contribution in [-0.4, -0.2) is 21.8 Å². The van der Waals surface area contributed by atoms with Crippen LogP contribution in [0.25, 0.3) is 115 Å². The SMILES string of the molecule is c1ccc([Si](c2ccc(-n3c4cccc5ccc6cccc3c6c54)cc2)(c2ccc(-n3c4cccc5ccc6cccc3c6c54)cc2)c2ccc(-n3c4cccc5ccc6cccc3c6c54)cc2)cc1. The van der Waals surface area contributed by atoms with Crippen molar-refractivity contribution in [1.29, 1.82) is 0 Å². The van der Waals surface area contributed by atoms with E-state index in [4.69, 9.17) is 0 Å². The van der Waals surface area contributed by atoms with Crippen molar-refractivity contribution in [3.8, 4) is 17.1 Å². The van der Waals surface area contributed by atoms with E-state index >= 15 is 0 Å². The summed E-state index contributed by atoms with van der Waals surface area (Å²) in [5.41, 5.74) is 10.9. The van der Waals surface area contributed by atoms with Gasteiger partial charge in [-0.25, -0.2) is 0 Å². The molecular formula is C66H41N3Si. The summed E-state index contributed by atoms with van der Waals surface area (Å²) in [6, 6.07) is 94.1. The number of hydrogen-bond acceptors (Lipinski definition) is 0. The summed E-state index contributed by atoms with van der Waals surface area (Å²) in [4.78, 5) is 0. The number of aromatic nitrogens is 3. The predicted octanol–water partition coefficient (Wildman–Crippen LogP) is 14.1. The van der Waals surface area contributed by atoms with Crippen molar-refractivity contribution in [2.75, 3.05) is 0 Å². The minimum Gasteiger partial charge on any atom is -0.309 e. The van der Waals surface area contributed by atoms with Gasteiger partial charge in [0, 0.05) is 49.4 Å². The standard InChI is InChI=1S/C66H41N3Si/c1-2-16-51(17-3-1)70(52-36-30-48(31-37-52)67-55-18-4-10-42-24-25-43-11-5-19-56(67)62(43)61(42)55,53-38-32-49(33-39-53)68-57-20-6-12-44-26-27-45-13-7-21-58(68)64(45)63(44)57)54-40-34-50(35-41-54)69-59-22-8-14-46-28-29-47-15-9-23-60(69)66(47)65(46)59/h1-41H. The molecule has 16 aromatic rings. The van der Waals surface area contributed by atoms with Crippen LogP contribution in [0, 0.1) is 0 Å². The molecule has 0 radical (unpaired) electrons. The van der Waals surface area contributed by atoms with E-state index in [1.54, 1.807) is 0 Å². The van der Waals surface area contributed by atoms with Gasteiger partial charge in [0.1, 0.15) is 0 Å². The molecule has 0 aliphatic rings. The van der Waals surface area contributed by atoms with Gasteiger partial charge in [0.15, 0.2) is 8.07 Å².